The Bertz CT molecular complexity index is 760. The number of benzene rings is 1. The molecule has 6 heteroatoms. The predicted octanol–water partition coefficient (Wildman–Crippen LogP) is 0.601. The lowest BCUT2D eigenvalue weighted by Crippen LogP contribution is -2.06. The van der Waals surface area contributed by atoms with Crippen LogP contribution in [0, 0.1) is 0 Å². The second kappa shape index (κ2) is 4.08. The van der Waals surface area contributed by atoms with E-state index in [9.17, 15) is 4.79 Å². The normalized spacial score (nSPS) is 10.9. The van der Waals surface area contributed by atoms with Crippen molar-refractivity contribution in [3.63, 3.8) is 0 Å². The molecule has 0 fully saturated rings. The van der Waals surface area contributed by atoms with Gasteiger partial charge in [0.25, 0.3) is 5.56 Å². The van der Waals surface area contributed by atoms with Crippen LogP contribution in [0.2, 0.25) is 0 Å². The lowest BCUT2D eigenvalue weighted by molar-refractivity contribution is 0.282. The third kappa shape index (κ3) is 1.59. The molecule has 2 heterocycles. The molecule has 2 N–H and O–H groups in total. The summed E-state index contributed by atoms with van der Waals surface area (Å²) in [4.78, 5) is 18.2. The average Bonchev–Trinajstić information content (AvgIpc) is 2.84. The zero-order valence-electron chi connectivity index (χ0n) is 9.37. The summed E-state index contributed by atoms with van der Waals surface area (Å²) in [6.45, 7) is -0.0406. The Morgan fingerprint density at radius 2 is 2.28 bits per heavy atom. The van der Waals surface area contributed by atoms with E-state index in [-0.39, 0.29) is 12.2 Å². The van der Waals surface area contributed by atoms with E-state index < -0.39 is 0 Å². The molecule has 0 unspecified atom stereocenters. The summed E-state index contributed by atoms with van der Waals surface area (Å²) < 4.78 is 1.57. The van der Waals surface area contributed by atoms with Crippen LogP contribution in [0.15, 0.2) is 41.6 Å². The topological polar surface area (TPSA) is 83.8 Å². The van der Waals surface area contributed by atoms with Crippen LogP contribution in [0.4, 0.5) is 0 Å². The van der Waals surface area contributed by atoms with Crippen molar-refractivity contribution in [1.29, 1.82) is 0 Å². The quantitative estimate of drug-likeness (QED) is 0.689. The molecule has 6 nitrogen and oxygen atoms in total. The fourth-order valence-electron chi connectivity index (χ4n) is 1.83. The van der Waals surface area contributed by atoms with Gasteiger partial charge in [0.2, 0.25) is 0 Å². The van der Waals surface area contributed by atoms with E-state index in [2.05, 4.69) is 15.1 Å². The maximum atomic E-state index is 11.6. The van der Waals surface area contributed by atoms with Crippen molar-refractivity contribution in [3.05, 3.63) is 52.7 Å². The fraction of sp³-hybridized carbons (Fsp3) is 0.0833. The Hall–Kier alpha value is -2.47. The fourth-order valence-corrected chi connectivity index (χ4v) is 1.83. The van der Waals surface area contributed by atoms with Crippen LogP contribution in [0.3, 0.4) is 0 Å². The van der Waals surface area contributed by atoms with Gasteiger partial charge in [0.05, 0.1) is 24.8 Å². The van der Waals surface area contributed by atoms with Gasteiger partial charge >= 0.3 is 0 Å². The van der Waals surface area contributed by atoms with E-state index in [1.54, 1.807) is 10.7 Å². The van der Waals surface area contributed by atoms with Crippen molar-refractivity contribution in [2.24, 2.45) is 0 Å². The summed E-state index contributed by atoms with van der Waals surface area (Å²) in [7, 11) is 0. The van der Waals surface area contributed by atoms with Crippen LogP contribution in [0.5, 0.6) is 0 Å². The van der Waals surface area contributed by atoms with Crippen molar-refractivity contribution in [2.45, 2.75) is 6.61 Å². The molecule has 0 saturated heterocycles. The Kier molecular flexibility index (Phi) is 2.42. The molecular weight excluding hydrogens is 232 g/mol. The highest BCUT2D eigenvalue weighted by molar-refractivity contribution is 5.74. The summed E-state index contributed by atoms with van der Waals surface area (Å²) in [5.41, 5.74) is 1.81. The van der Waals surface area contributed by atoms with Gasteiger partial charge in [-0.25, -0.2) is 9.67 Å². The molecule has 0 saturated carbocycles. The van der Waals surface area contributed by atoms with Crippen LogP contribution >= 0.6 is 0 Å². The summed E-state index contributed by atoms with van der Waals surface area (Å²) in [5.74, 6) is 0. The van der Waals surface area contributed by atoms with Gasteiger partial charge < -0.3 is 10.1 Å². The van der Waals surface area contributed by atoms with Gasteiger partial charge in [-0.05, 0) is 17.7 Å². The van der Waals surface area contributed by atoms with Crippen LogP contribution in [-0.2, 0) is 6.61 Å². The number of hydrogen-bond donors (Lipinski definition) is 2. The Balaban J connectivity index is 2.25. The molecule has 0 aliphatic carbocycles. The number of aliphatic hydroxyl groups is 1. The van der Waals surface area contributed by atoms with E-state index in [1.165, 1.54) is 12.5 Å². The van der Waals surface area contributed by atoms with Gasteiger partial charge in [0, 0.05) is 0 Å². The summed E-state index contributed by atoms with van der Waals surface area (Å²) in [5, 5.41) is 13.7. The highest BCUT2D eigenvalue weighted by Gasteiger charge is 2.08. The highest BCUT2D eigenvalue weighted by Crippen LogP contribution is 2.14. The molecule has 18 heavy (non-hydrogen) atoms. The molecule has 0 radical (unpaired) electrons. The van der Waals surface area contributed by atoms with Crippen LogP contribution in [-0.4, -0.2) is 24.9 Å². The lowest BCUT2D eigenvalue weighted by atomic mass is 10.2. The maximum absolute atomic E-state index is 11.6. The molecule has 90 valence electrons. The van der Waals surface area contributed by atoms with Crippen LogP contribution < -0.4 is 5.56 Å². The summed E-state index contributed by atoms with van der Waals surface area (Å²) in [6.07, 6.45) is 2.82. The first-order valence-electron chi connectivity index (χ1n) is 5.41. The summed E-state index contributed by atoms with van der Waals surface area (Å²) >= 11 is 0. The van der Waals surface area contributed by atoms with E-state index in [0.29, 0.717) is 11.0 Å². The van der Waals surface area contributed by atoms with Crippen molar-refractivity contribution in [1.82, 2.24) is 19.7 Å². The molecule has 3 aromatic rings. The monoisotopic (exact) mass is 242 g/mol. The van der Waals surface area contributed by atoms with Crippen LogP contribution in [0.25, 0.3) is 16.7 Å². The number of fused-ring (bicyclic) bond motifs is 1. The summed E-state index contributed by atoms with van der Waals surface area (Å²) in [6, 6.07) is 7.28. The van der Waals surface area contributed by atoms with E-state index in [0.717, 1.165) is 11.3 Å². The standard InChI is InChI=1S/C12H10N4O2/c17-6-8-2-1-3-9(4-8)16-11-10(5-15-16)12(18)14-7-13-11/h1-5,7,17H,6H2,(H,13,14,18). The molecular formula is C12H10N4O2. The highest BCUT2D eigenvalue weighted by atomic mass is 16.3. The number of aliphatic hydroxyl groups excluding tert-OH is 1. The minimum Gasteiger partial charge on any atom is -0.392 e. The molecule has 2 aromatic heterocycles. The van der Waals surface area contributed by atoms with Crippen molar-refractivity contribution >= 4 is 11.0 Å². The number of H-pyrrole nitrogens is 1. The molecule has 0 spiro atoms. The third-order valence-electron chi connectivity index (χ3n) is 2.71. The minimum atomic E-state index is -0.218. The number of rotatable bonds is 2. The van der Waals surface area contributed by atoms with Gasteiger partial charge in [-0.1, -0.05) is 12.1 Å². The number of hydrogen-bond acceptors (Lipinski definition) is 4. The van der Waals surface area contributed by atoms with Gasteiger partial charge in [-0.3, -0.25) is 4.79 Å². The maximum Gasteiger partial charge on any atom is 0.261 e. The van der Waals surface area contributed by atoms with Gasteiger partial charge in [-0.15, -0.1) is 0 Å². The Labute approximate surface area is 102 Å². The van der Waals surface area contributed by atoms with Crippen molar-refractivity contribution < 1.29 is 5.11 Å². The number of nitrogens with zero attached hydrogens (tertiary/aromatic N) is 3. The first-order valence-corrected chi connectivity index (χ1v) is 5.41. The molecule has 1 aromatic carbocycles. The zero-order valence-corrected chi connectivity index (χ0v) is 9.37. The molecule has 0 bridgehead atoms. The zero-order chi connectivity index (χ0) is 12.5. The van der Waals surface area contributed by atoms with Gasteiger partial charge in [-0.2, -0.15) is 5.10 Å². The molecule has 3 rings (SSSR count). The number of aromatic amines is 1. The number of nitrogens with one attached hydrogen (secondary N) is 1. The molecule has 0 amide bonds. The number of aromatic nitrogens is 4. The van der Waals surface area contributed by atoms with Crippen LogP contribution in [0.1, 0.15) is 5.56 Å². The Morgan fingerprint density at radius 1 is 1.39 bits per heavy atom. The smallest absolute Gasteiger partial charge is 0.261 e. The Morgan fingerprint density at radius 3 is 3.11 bits per heavy atom. The third-order valence-corrected chi connectivity index (χ3v) is 2.71. The predicted molar refractivity (Wildman–Crippen MR) is 65.4 cm³/mol. The molecule has 0 atom stereocenters. The van der Waals surface area contributed by atoms with E-state index in [1.807, 2.05) is 18.2 Å². The average molecular weight is 242 g/mol. The second-order valence-corrected chi connectivity index (χ2v) is 3.85. The van der Waals surface area contributed by atoms with Gasteiger partial charge in [0.15, 0.2) is 5.65 Å². The largest absolute Gasteiger partial charge is 0.392 e. The van der Waals surface area contributed by atoms with E-state index >= 15 is 0 Å². The molecule has 0 aliphatic rings. The first kappa shape index (κ1) is 10.7. The van der Waals surface area contributed by atoms with Crippen molar-refractivity contribution in [3.8, 4) is 5.69 Å². The second-order valence-electron chi connectivity index (χ2n) is 3.85. The van der Waals surface area contributed by atoms with Crippen molar-refractivity contribution in [2.75, 3.05) is 0 Å². The minimum absolute atomic E-state index is 0.0406. The van der Waals surface area contributed by atoms with Gasteiger partial charge in [0.1, 0.15) is 5.39 Å². The molecule has 0 aliphatic heterocycles. The lowest BCUT2D eigenvalue weighted by Gasteiger charge is -2.04. The van der Waals surface area contributed by atoms with E-state index in [4.69, 9.17) is 5.11 Å². The SMILES string of the molecule is O=c1[nH]cnc2c1cnn2-c1cccc(CO)c1. The first-order chi connectivity index (χ1) is 8.79.